The molecule has 0 radical (unpaired) electrons. The maximum atomic E-state index is 13.8. The van der Waals surface area contributed by atoms with E-state index in [1.54, 1.807) is 13.2 Å². The molecule has 0 saturated carbocycles. The number of quaternary nitrogens is 1. The third-order valence-electron chi connectivity index (χ3n) is 4.29. The molecule has 0 fully saturated rings. The Kier molecular flexibility index (Phi) is 5.94. The zero-order valence-corrected chi connectivity index (χ0v) is 15.9. The van der Waals surface area contributed by atoms with E-state index in [-0.39, 0.29) is 18.1 Å². The molecule has 0 aliphatic heterocycles. The summed E-state index contributed by atoms with van der Waals surface area (Å²) < 4.78 is 19.0. The number of fused-ring (bicyclic) bond motifs is 1. The van der Waals surface area contributed by atoms with Crippen molar-refractivity contribution < 1.29 is 18.8 Å². The maximum Gasteiger partial charge on any atom is 0.279 e. The summed E-state index contributed by atoms with van der Waals surface area (Å²) in [7, 11) is 3.57. The van der Waals surface area contributed by atoms with Crippen LogP contribution in [0.15, 0.2) is 54.6 Å². The van der Waals surface area contributed by atoms with Gasteiger partial charge in [-0.2, -0.15) is 0 Å². The van der Waals surface area contributed by atoms with Crippen LogP contribution in [0.2, 0.25) is 5.02 Å². The van der Waals surface area contributed by atoms with E-state index in [2.05, 4.69) is 11.4 Å². The first-order chi connectivity index (χ1) is 12.9. The summed E-state index contributed by atoms with van der Waals surface area (Å²) in [6.45, 7) is 0.904. The lowest BCUT2D eigenvalue weighted by atomic mass is 10.1. The average Bonchev–Trinajstić information content (AvgIpc) is 2.63. The summed E-state index contributed by atoms with van der Waals surface area (Å²) in [6.07, 6.45) is 0. The first kappa shape index (κ1) is 19.1. The number of halogens is 2. The van der Waals surface area contributed by atoms with Crippen LogP contribution < -0.4 is 15.0 Å². The number of hydrogen-bond donors (Lipinski definition) is 2. The fourth-order valence-electron chi connectivity index (χ4n) is 2.98. The lowest BCUT2D eigenvalue weighted by Crippen LogP contribution is -3.08. The van der Waals surface area contributed by atoms with Crippen LogP contribution in [0.3, 0.4) is 0 Å². The molecule has 0 aliphatic carbocycles. The monoisotopic (exact) mass is 387 g/mol. The predicted octanol–water partition coefficient (Wildman–Crippen LogP) is 3.29. The highest BCUT2D eigenvalue weighted by molar-refractivity contribution is 6.30. The van der Waals surface area contributed by atoms with E-state index in [1.807, 2.05) is 37.4 Å². The second-order valence-corrected chi connectivity index (χ2v) is 6.97. The third kappa shape index (κ3) is 4.96. The molecule has 0 spiro atoms. The second kappa shape index (κ2) is 8.37. The van der Waals surface area contributed by atoms with Crippen molar-refractivity contribution in [3.63, 3.8) is 0 Å². The summed E-state index contributed by atoms with van der Waals surface area (Å²) in [6, 6.07) is 16.3. The molecule has 140 valence electrons. The number of benzene rings is 3. The normalized spacial score (nSPS) is 12.0. The SMILES string of the molecule is COc1ccc2cc(C[NH+](C)CC(=O)Nc3ccc(Cl)cc3F)ccc2c1. The molecule has 3 rings (SSSR count). The molecular weight excluding hydrogens is 367 g/mol. The fraction of sp³-hybridized carbons (Fsp3) is 0.190. The van der Waals surface area contributed by atoms with Crippen molar-refractivity contribution in [3.8, 4) is 5.75 Å². The predicted molar refractivity (Wildman–Crippen MR) is 106 cm³/mol. The Bertz CT molecular complexity index is 978. The number of carbonyl (C=O) groups is 1. The molecular formula is C21H21ClFN2O2+. The first-order valence-electron chi connectivity index (χ1n) is 8.57. The van der Waals surface area contributed by atoms with E-state index in [0.717, 1.165) is 27.0 Å². The van der Waals surface area contributed by atoms with E-state index in [4.69, 9.17) is 16.3 Å². The highest BCUT2D eigenvalue weighted by Crippen LogP contribution is 2.21. The molecule has 0 aliphatic rings. The van der Waals surface area contributed by atoms with E-state index in [0.29, 0.717) is 11.6 Å². The van der Waals surface area contributed by atoms with Crippen LogP contribution in [0.5, 0.6) is 5.75 Å². The van der Waals surface area contributed by atoms with Gasteiger partial charge in [-0.15, -0.1) is 0 Å². The number of hydrogen-bond acceptors (Lipinski definition) is 2. The van der Waals surface area contributed by atoms with Gasteiger partial charge in [-0.25, -0.2) is 4.39 Å². The molecule has 1 amide bonds. The van der Waals surface area contributed by atoms with Crippen LogP contribution in [0.1, 0.15) is 5.56 Å². The van der Waals surface area contributed by atoms with Crippen molar-refractivity contribution in [2.24, 2.45) is 0 Å². The van der Waals surface area contributed by atoms with Gasteiger partial charge in [0.25, 0.3) is 5.91 Å². The topological polar surface area (TPSA) is 42.8 Å². The number of amides is 1. The van der Waals surface area contributed by atoms with Crippen LogP contribution in [-0.2, 0) is 11.3 Å². The highest BCUT2D eigenvalue weighted by atomic mass is 35.5. The van der Waals surface area contributed by atoms with Gasteiger partial charge in [-0.3, -0.25) is 4.79 Å². The third-order valence-corrected chi connectivity index (χ3v) is 4.52. The van der Waals surface area contributed by atoms with Gasteiger partial charge in [-0.05, 0) is 47.2 Å². The lowest BCUT2D eigenvalue weighted by Gasteiger charge is -2.15. The van der Waals surface area contributed by atoms with Crippen LogP contribution in [0.25, 0.3) is 10.8 Å². The van der Waals surface area contributed by atoms with Gasteiger partial charge in [0.2, 0.25) is 0 Å². The minimum Gasteiger partial charge on any atom is -0.497 e. The summed E-state index contributed by atoms with van der Waals surface area (Å²) in [5.41, 5.74) is 1.26. The number of rotatable bonds is 6. The van der Waals surface area contributed by atoms with E-state index < -0.39 is 5.82 Å². The van der Waals surface area contributed by atoms with Gasteiger partial charge < -0.3 is 15.0 Å². The Balaban J connectivity index is 1.62. The molecule has 0 aromatic heterocycles. The lowest BCUT2D eigenvalue weighted by molar-refractivity contribution is -0.885. The average molecular weight is 388 g/mol. The van der Waals surface area contributed by atoms with Crippen molar-refractivity contribution in [1.29, 1.82) is 0 Å². The molecule has 0 saturated heterocycles. The molecule has 6 heteroatoms. The largest absolute Gasteiger partial charge is 0.497 e. The Labute approximate surface area is 162 Å². The zero-order valence-electron chi connectivity index (χ0n) is 15.2. The van der Waals surface area contributed by atoms with Crippen LogP contribution in [0.4, 0.5) is 10.1 Å². The molecule has 3 aromatic rings. The number of carbonyl (C=O) groups excluding carboxylic acids is 1. The highest BCUT2D eigenvalue weighted by Gasteiger charge is 2.13. The first-order valence-corrected chi connectivity index (χ1v) is 8.95. The van der Waals surface area contributed by atoms with Crippen molar-refractivity contribution in [2.45, 2.75) is 6.54 Å². The zero-order chi connectivity index (χ0) is 19.4. The maximum absolute atomic E-state index is 13.8. The molecule has 1 unspecified atom stereocenters. The Morgan fingerprint density at radius 1 is 1.11 bits per heavy atom. The van der Waals surface area contributed by atoms with Crippen molar-refractivity contribution in [2.75, 3.05) is 26.0 Å². The van der Waals surface area contributed by atoms with Gasteiger partial charge in [0.15, 0.2) is 6.54 Å². The minimum atomic E-state index is -0.543. The fourth-order valence-corrected chi connectivity index (χ4v) is 3.14. The summed E-state index contributed by atoms with van der Waals surface area (Å²) >= 11 is 5.72. The molecule has 2 N–H and O–H groups in total. The second-order valence-electron chi connectivity index (χ2n) is 6.53. The smallest absolute Gasteiger partial charge is 0.279 e. The molecule has 27 heavy (non-hydrogen) atoms. The summed E-state index contributed by atoms with van der Waals surface area (Å²) in [5, 5.41) is 5.11. The summed E-state index contributed by atoms with van der Waals surface area (Å²) in [4.78, 5) is 13.2. The van der Waals surface area contributed by atoms with Crippen molar-refractivity contribution >= 4 is 34.0 Å². The van der Waals surface area contributed by atoms with Crippen LogP contribution >= 0.6 is 11.6 Å². The number of methoxy groups -OCH3 is 1. The Hall–Kier alpha value is -2.63. The van der Waals surface area contributed by atoms with Crippen LogP contribution in [-0.4, -0.2) is 26.6 Å². The number of nitrogens with one attached hydrogen (secondary N) is 2. The van der Waals surface area contributed by atoms with Gasteiger partial charge in [0.05, 0.1) is 19.8 Å². The number of likely N-dealkylation sites (N-methyl/N-ethyl adjacent to an activating group) is 1. The Morgan fingerprint density at radius 2 is 1.85 bits per heavy atom. The molecule has 3 aromatic carbocycles. The summed E-state index contributed by atoms with van der Waals surface area (Å²) in [5.74, 6) is 0.0294. The van der Waals surface area contributed by atoms with Crippen molar-refractivity contribution in [3.05, 3.63) is 71.0 Å². The Morgan fingerprint density at radius 3 is 2.59 bits per heavy atom. The van der Waals surface area contributed by atoms with Gasteiger partial charge in [0.1, 0.15) is 18.1 Å². The van der Waals surface area contributed by atoms with Gasteiger partial charge >= 0.3 is 0 Å². The molecule has 0 bridgehead atoms. The minimum absolute atomic E-state index is 0.136. The van der Waals surface area contributed by atoms with E-state index in [9.17, 15) is 9.18 Å². The van der Waals surface area contributed by atoms with Crippen molar-refractivity contribution in [1.82, 2.24) is 0 Å². The van der Waals surface area contributed by atoms with E-state index in [1.165, 1.54) is 12.1 Å². The van der Waals surface area contributed by atoms with Crippen LogP contribution in [0, 0.1) is 5.82 Å². The number of ether oxygens (including phenoxy) is 1. The standard InChI is InChI=1S/C21H20ClFN2O2/c1-25(13-21(26)24-20-8-6-17(22)11-19(20)23)12-14-3-4-16-10-18(27-2)7-5-15(16)9-14/h3-11H,12-13H2,1-2H3,(H,24,26)/p+1. The van der Waals surface area contributed by atoms with E-state index >= 15 is 0 Å². The quantitative estimate of drug-likeness (QED) is 0.681. The number of anilines is 1. The molecule has 4 nitrogen and oxygen atoms in total. The van der Waals surface area contributed by atoms with Gasteiger partial charge in [0, 0.05) is 10.6 Å². The molecule has 1 atom stereocenters. The van der Waals surface area contributed by atoms with Gasteiger partial charge in [-0.1, -0.05) is 29.8 Å². The molecule has 0 heterocycles.